The molecule has 1 atom stereocenters. The summed E-state index contributed by atoms with van der Waals surface area (Å²) < 4.78 is 13.7. The molecule has 8 heteroatoms. The molecule has 4 rings (SSSR count). The lowest BCUT2D eigenvalue weighted by Crippen LogP contribution is -2.46. The zero-order chi connectivity index (χ0) is 24.9. The number of nitrogens with zero attached hydrogens (tertiary/aromatic N) is 1. The maximum absolute atomic E-state index is 13.7. The van der Waals surface area contributed by atoms with Crippen molar-refractivity contribution in [3.8, 4) is 10.4 Å². The van der Waals surface area contributed by atoms with Gasteiger partial charge in [0.1, 0.15) is 11.9 Å². The van der Waals surface area contributed by atoms with Crippen molar-refractivity contribution < 1.29 is 19.1 Å². The van der Waals surface area contributed by atoms with Crippen LogP contribution in [0.4, 0.5) is 4.39 Å². The Labute approximate surface area is 216 Å². The zero-order valence-electron chi connectivity index (χ0n) is 18.3. The predicted octanol–water partition coefficient (Wildman–Crippen LogP) is 7.20. The number of hydrogen-bond donors (Lipinski definition) is 1. The molecular weight excluding hydrogens is 508 g/mol. The molecule has 1 aromatic heterocycles. The molecule has 4 nitrogen and oxygen atoms in total. The highest BCUT2D eigenvalue weighted by atomic mass is 35.5. The van der Waals surface area contributed by atoms with Crippen molar-refractivity contribution in [2.75, 3.05) is 0 Å². The maximum atomic E-state index is 13.7. The average Bonchev–Trinajstić information content (AvgIpc) is 3.30. The largest absolute Gasteiger partial charge is 0.480 e. The molecule has 178 valence electrons. The number of aliphatic carboxylic acids is 1. The minimum absolute atomic E-state index is 0.0432. The number of thiophene rings is 1. The second kappa shape index (κ2) is 11.0. The third kappa shape index (κ3) is 6.09. The summed E-state index contributed by atoms with van der Waals surface area (Å²) in [5, 5.41) is 10.6. The van der Waals surface area contributed by atoms with E-state index in [-0.39, 0.29) is 29.4 Å². The number of rotatable bonds is 8. The van der Waals surface area contributed by atoms with Crippen molar-refractivity contribution in [3.63, 3.8) is 0 Å². The number of carboxylic acids is 1. The first-order chi connectivity index (χ1) is 16.8. The second-order valence-corrected chi connectivity index (χ2v) is 9.89. The molecule has 1 heterocycles. The Morgan fingerprint density at radius 2 is 1.71 bits per heavy atom. The van der Waals surface area contributed by atoms with E-state index in [1.165, 1.54) is 40.5 Å². The Hall–Kier alpha value is -3.19. The van der Waals surface area contributed by atoms with Crippen LogP contribution in [0.15, 0.2) is 84.9 Å². The van der Waals surface area contributed by atoms with Crippen LogP contribution in [0, 0.1) is 5.82 Å². The van der Waals surface area contributed by atoms with Crippen molar-refractivity contribution >= 4 is 46.4 Å². The lowest BCUT2D eigenvalue weighted by atomic mass is 10.0. The van der Waals surface area contributed by atoms with Gasteiger partial charge < -0.3 is 10.0 Å². The molecule has 0 spiro atoms. The van der Waals surface area contributed by atoms with Crippen LogP contribution in [-0.2, 0) is 17.8 Å². The van der Waals surface area contributed by atoms with Gasteiger partial charge in [-0.05, 0) is 53.6 Å². The van der Waals surface area contributed by atoms with Crippen LogP contribution >= 0.6 is 34.5 Å². The first kappa shape index (κ1) is 24.9. The first-order valence-electron chi connectivity index (χ1n) is 10.7. The highest BCUT2D eigenvalue weighted by Gasteiger charge is 2.32. The van der Waals surface area contributed by atoms with Crippen LogP contribution in [0.2, 0.25) is 10.0 Å². The van der Waals surface area contributed by atoms with Gasteiger partial charge in [-0.2, -0.15) is 0 Å². The fourth-order valence-corrected chi connectivity index (χ4v) is 5.23. The Kier molecular flexibility index (Phi) is 7.86. The smallest absolute Gasteiger partial charge is 0.326 e. The summed E-state index contributed by atoms with van der Waals surface area (Å²) in [6, 6.07) is 22.3. The summed E-state index contributed by atoms with van der Waals surface area (Å²) in [5.74, 6) is -2.00. The molecule has 3 aromatic carbocycles. The molecule has 0 bridgehead atoms. The molecule has 0 saturated heterocycles. The predicted molar refractivity (Wildman–Crippen MR) is 138 cm³/mol. The molecule has 35 heavy (non-hydrogen) atoms. The Balaban J connectivity index is 1.70. The average molecular weight is 528 g/mol. The van der Waals surface area contributed by atoms with E-state index in [0.29, 0.717) is 10.6 Å². The molecule has 0 saturated carbocycles. The van der Waals surface area contributed by atoms with Gasteiger partial charge in [-0.25, -0.2) is 9.18 Å². The number of amides is 1. The SMILES string of the molecule is O=C(O)[C@H](Cc1ccccc1)N(Cc1ccc(-c2cccc(F)c2)s1)C(=O)c1ccc(Cl)cc1Cl. The van der Waals surface area contributed by atoms with Crippen LogP contribution in [-0.4, -0.2) is 27.9 Å². The number of halogens is 3. The van der Waals surface area contributed by atoms with E-state index in [4.69, 9.17) is 23.2 Å². The van der Waals surface area contributed by atoms with E-state index in [9.17, 15) is 19.1 Å². The monoisotopic (exact) mass is 527 g/mol. The molecule has 0 aliphatic rings. The molecular formula is C27H20Cl2FNO3S. The summed E-state index contributed by atoms with van der Waals surface area (Å²) in [6.45, 7) is 0.0432. The van der Waals surface area contributed by atoms with E-state index in [0.717, 1.165) is 15.3 Å². The summed E-state index contributed by atoms with van der Waals surface area (Å²) in [5.41, 5.74) is 1.66. The minimum atomic E-state index is -1.14. The summed E-state index contributed by atoms with van der Waals surface area (Å²) in [6.07, 6.45) is 0.120. The second-order valence-electron chi connectivity index (χ2n) is 7.88. The van der Waals surface area contributed by atoms with Crippen LogP contribution in [0.25, 0.3) is 10.4 Å². The van der Waals surface area contributed by atoms with Gasteiger partial charge in [0.15, 0.2) is 0 Å². The standard InChI is InChI=1S/C27H20Cl2FNO3S/c28-19-9-11-22(23(29)15-19)26(32)31(24(27(33)34)13-17-5-2-1-3-6-17)16-21-10-12-25(35-21)18-7-4-8-20(30)14-18/h1-12,14-15,24H,13,16H2,(H,33,34)/t24-/m0/s1. The third-order valence-electron chi connectivity index (χ3n) is 5.45. The molecule has 0 aliphatic carbocycles. The van der Waals surface area contributed by atoms with Crippen LogP contribution in [0.1, 0.15) is 20.8 Å². The molecule has 1 amide bonds. The Morgan fingerprint density at radius 3 is 2.40 bits per heavy atom. The van der Waals surface area contributed by atoms with Gasteiger partial charge >= 0.3 is 5.97 Å². The summed E-state index contributed by atoms with van der Waals surface area (Å²) in [4.78, 5) is 28.9. The van der Waals surface area contributed by atoms with Crippen molar-refractivity contribution in [3.05, 3.63) is 117 Å². The van der Waals surface area contributed by atoms with Crippen molar-refractivity contribution in [2.45, 2.75) is 19.0 Å². The third-order valence-corrected chi connectivity index (χ3v) is 7.12. The van der Waals surface area contributed by atoms with Gasteiger partial charge in [0.05, 0.1) is 17.1 Å². The summed E-state index contributed by atoms with van der Waals surface area (Å²) in [7, 11) is 0. The number of carbonyl (C=O) groups excluding carboxylic acids is 1. The van der Waals surface area contributed by atoms with Crippen molar-refractivity contribution in [1.29, 1.82) is 0 Å². The van der Waals surface area contributed by atoms with E-state index >= 15 is 0 Å². The number of carboxylic acid groups (broad SMARTS) is 1. The molecule has 4 aromatic rings. The highest BCUT2D eigenvalue weighted by molar-refractivity contribution is 7.15. The van der Waals surface area contributed by atoms with Gasteiger partial charge in [0.2, 0.25) is 0 Å². The van der Waals surface area contributed by atoms with Crippen LogP contribution in [0.5, 0.6) is 0 Å². The quantitative estimate of drug-likeness (QED) is 0.263. The van der Waals surface area contributed by atoms with Crippen molar-refractivity contribution in [1.82, 2.24) is 4.90 Å². The van der Waals surface area contributed by atoms with Gasteiger partial charge in [-0.15, -0.1) is 11.3 Å². The number of benzene rings is 3. The normalized spacial score (nSPS) is 11.7. The molecule has 1 N–H and O–H groups in total. The highest BCUT2D eigenvalue weighted by Crippen LogP contribution is 2.31. The lowest BCUT2D eigenvalue weighted by molar-refractivity contribution is -0.142. The maximum Gasteiger partial charge on any atom is 0.326 e. The van der Waals surface area contributed by atoms with Gasteiger partial charge in [-0.1, -0.05) is 65.7 Å². The van der Waals surface area contributed by atoms with E-state index in [1.54, 1.807) is 18.2 Å². The molecule has 0 aliphatic heterocycles. The van der Waals surface area contributed by atoms with E-state index in [2.05, 4.69) is 0 Å². The number of hydrogen-bond acceptors (Lipinski definition) is 3. The van der Waals surface area contributed by atoms with Crippen LogP contribution in [0.3, 0.4) is 0 Å². The first-order valence-corrected chi connectivity index (χ1v) is 12.3. The van der Waals surface area contributed by atoms with Gasteiger partial charge in [-0.3, -0.25) is 4.79 Å². The van der Waals surface area contributed by atoms with E-state index < -0.39 is 17.9 Å². The van der Waals surface area contributed by atoms with Gasteiger partial charge in [0, 0.05) is 21.2 Å². The van der Waals surface area contributed by atoms with E-state index in [1.807, 2.05) is 42.5 Å². The Bertz CT molecular complexity index is 1360. The lowest BCUT2D eigenvalue weighted by Gasteiger charge is -2.29. The number of carbonyl (C=O) groups is 2. The zero-order valence-corrected chi connectivity index (χ0v) is 20.7. The Morgan fingerprint density at radius 1 is 0.943 bits per heavy atom. The fraction of sp³-hybridized carbons (Fsp3) is 0.111. The van der Waals surface area contributed by atoms with Crippen LogP contribution < -0.4 is 0 Å². The topological polar surface area (TPSA) is 57.6 Å². The molecule has 0 unspecified atom stereocenters. The molecule has 0 fully saturated rings. The summed E-state index contributed by atoms with van der Waals surface area (Å²) >= 11 is 13.7. The molecule has 0 radical (unpaired) electrons. The van der Waals surface area contributed by atoms with Gasteiger partial charge in [0.25, 0.3) is 5.91 Å². The van der Waals surface area contributed by atoms with Crippen molar-refractivity contribution in [2.24, 2.45) is 0 Å². The fourth-order valence-electron chi connectivity index (χ4n) is 3.74. The minimum Gasteiger partial charge on any atom is -0.480 e.